The van der Waals surface area contributed by atoms with Gasteiger partial charge in [0.2, 0.25) is 5.91 Å². The lowest BCUT2D eigenvalue weighted by atomic mass is 10.1. The van der Waals surface area contributed by atoms with E-state index in [9.17, 15) is 4.79 Å². The number of methoxy groups -OCH3 is 1. The summed E-state index contributed by atoms with van der Waals surface area (Å²) in [6.07, 6.45) is 2.53. The number of nitrogens with zero attached hydrogens (tertiary/aromatic N) is 5. The molecule has 0 saturated heterocycles. The Morgan fingerprint density at radius 3 is 2.79 bits per heavy atom. The maximum absolute atomic E-state index is 12.6. The maximum Gasteiger partial charge on any atom is 0.236 e. The number of thiazole rings is 1. The lowest BCUT2D eigenvalue weighted by molar-refractivity contribution is -0.113. The van der Waals surface area contributed by atoms with Crippen LogP contribution in [-0.4, -0.2) is 50.0 Å². The van der Waals surface area contributed by atoms with Crippen LogP contribution in [0.3, 0.4) is 0 Å². The number of anilines is 1. The second kappa shape index (κ2) is 10.4. The van der Waals surface area contributed by atoms with Crippen LogP contribution in [0.2, 0.25) is 0 Å². The minimum absolute atomic E-state index is 0.110. The molecule has 1 aliphatic rings. The van der Waals surface area contributed by atoms with Gasteiger partial charge in [0.05, 0.1) is 18.6 Å². The molecule has 8 nitrogen and oxygen atoms in total. The van der Waals surface area contributed by atoms with Gasteiger partial charge in [-0.25, -0.2) is 4.98 Å². The fraction of sp³-hybridized carbons (Fsp3) is 0.250. The van der Waals surface area contributed by atoms with Crippen molar-refractivity contribution in [2.75, 3.05) is 24.7 Å². The fourth-order valence-corrected chi connectivity index (χ4v) is 5.60. The van der Waals surface area contributed by atoms with Crippen molar-refractivity contribution in [2.45, 2.75) is 24.7 Å². The first-order chi connectivity index (χ1) is 16.7. The molecule has 2 aromatic heterocycles. The van der Waals surface area contributed by atoms with Gasteiger partial charge in [0, 0.05) is 36.6 Å². The molecule has 1 N–H and O–H groups in total. The second-order valence-corrected chi connectivity index (χ2v) is 9.88. The third-order valence-corrected chi connectivity index (χ3v) is 7.45. The van der Waals surface area contributed by atoms with Crippen LogP contribution >= 0.6 is 23.1 Å². The van der Waals surface area contributed by atoms with E-state index in [-0.39, 0.29) is 11.7 Å². The van der Waals surface area contributed by atoms with Crippen molar-refractivity contribution >= 4 is 34.1 Å². The number of ether oxygens (including phenoxy) is 1. The molecule has 10 heteroatoms. The van der Waals surface area contributed by atoms with E-state index in [1.165, 1.54) is 22.2 Å². The van der Waals surface area contributed by atoms with Gasteiger partial charge in [0.1, 0.15) is 12.1 Å². The Hall–Kier alpha value is -3.21. The van der Waals surface area contributed by atoms with Crippen molar-refractivity contribution < 1.29 is 9.53 Å². The average molecular weight is 493 g/mol. The van der Waals surface area contributed by atoms with Gasteiger partial charge >= 0.3 is 0 Å². The third kappa shape index (κ3) is 5.30. The molecule has 0 fully saturated rings. The number of benzene rings is 2. The highest BCUT2D eigenvalue weighted by molar-refractivity contribution is 7.99. The zero-order valence-electron chi connectivity index (χ0n) is 18.7. The first kappa shape index (κ1) is 22.6. The second-order valence-electron chi connectivity index (χ2n) is 7.85. The van der Waals surface area contributed by atoms with Gasteiger partial charge in [0.25, 0.3) is 0 Å². The number of thioether (sulfide) groups is 1. The average Bonchev–Trinajstić information content (AvgIpc) is 3.49. The topological polar surface area (TPSA) is 85.2 Å². The highest BCUT2D eigenvalue weighted by atomic mass is 32.2. The van der Waals surface area contributed by atoms with Gasteiger partial charge < -0.3 is 10.1 Å². The molecule has 34 heavy (non-hydrogen) atoms. The molecule has 5 rings (SSSR count). The molecule has 2 aromatic carbocycles. The van der Waals surface area contributed by atoms with E-state index < -0.39 is 0 Å². The number of carbonyl (C=O) groups excluding carboxylic acids is 1. The van der Waals surface area contributed by atoms with Crippen LogP contribution in [0.15, 0.2) is 66.1 Å². The number of hydrogen-bond donors (Lipinski definition) is 1. The lowest BCUT2D eigenvalue weighted by Crippen LogP contribution is -2.29. The van der Waals surface area contributed by atoms with Crippen molar-refractivity contribution in [3.8, 4) is 11.4 Å². The van der Waals surface area contributed by atoms with Crippen LogP contribution in [0.4, 0.5) is 5.13 Å². The summed E-state index contributed by atoms with van der Waals surface area (Å²) in [5.41, 5.74) is 3.31. The summed E-state index contributed by atoms with van der Waals surface area (Å²) >= 11 is 2.90. The quantitative estimate of drug-likeness (QED) is 0.372. The highest BCUT2D eigenvalue weighted by Crippen LogP contribution is 2.29. The monoisotopic (exact) mass is 492 g/mol. The van der Waals surface area contributed by atoms with Crippen LogP contribution < -0.4 is 10.1 Å². The molecule has 0 saturated carbocycles. The SMILES string of the molecule is COc1ccc(-n2cnnc2SCC(=O)Nc2nc3c(s2)CN(Cc2ccccc2)CC3)cc1. The van der Waals surface area contributed by atoms with Gasteiger partial charge in [-0.1, -0.05) is 42.1 Å². The van der Waals surface area contributed by atoms with Crippen molar-refractivity contribution in [1.82, 2.24) is 24.6 Å². The van der Waals surface area contributed by atoms with E-state index in [4.69, 9.17) is 4.74 Å². The molecule has 0 atom stereocenters. The molecule has 0 bridgehead atoms. The summed E-state index contributed by atoms with van der Waals surface area (Å²) in [4.78, 5) is 20.9. The number of rotatable bonds is 8. The summed E-state index contributed by atoms with van der Waals surface area (Å²) in [6, 6.07) is 18.1. The minimum Gasteiger partial charge on any atom is -0.497 e. The number of fused-ring (bicyclic) bond motifs is 1. The van der Waals surface area contributed by atoms with E-state index in [0.29, 0.717) is 10.3 Å². The Morgan fingerprint density at radius 1 is 1.18 bits per heavy atom. The molecule has 3 heterocycles. The molecule has 0 radical (unpaired) electrons. The Bertz CT molecular complexity index is 1260. The first-order valence-corrected chi connectivity index (χ1v) is 12.7. The molecule has 1 amide bonds. The molecular formula is C24H24N6O2S2. The summed E-state index contributed by atoms with van der Waals surface area (Å²) in [6.45, 7) is 2.75. The molecular weight excluding hydrogens is 468 g/mol. The summed E-state index contributed by atoms with van der Waals surface area (Å²) in [5, 5.41) is 12.4. The summed E-state index contributed by atoms with van der Waals surface area (Å²) < 4.78 is 7.06. The Labute approximate surface area is 206 Å². The van der Waals surface area contributed by atoms with Gasteiger partial charge in [-0.05, 0) is 29.8 Å². The number of carbonyl (C=O) groups is 1. The van der Waals surface area contributed by atoms with E-state index in [1.807, 2.05) is 34.9 Å². The van der Waals surface area contributed by atoms with Crippen LogP contribution in [0.5, 0.6) is 5.75 Å². The highest BCUT2D eigenvalue weighted by Gasteiger charge is 2.21. The van der Waals surface area contributed by atoms with Crippen LogP contribution in [-0.2, 0) is 24.3 Å². The zero-order valence-corrected chi connectivity index (χ0v) is 20.3. The number of amides is 1. The van der Waals surface area contributed by atoms with Crippen molar-refractivity contribution in [2.24, 2.45) is 0 Å². The van der Waals surface area contributed by atoms with Crippen molar-refractivity contribution in [3.63, 3.8) is 0 Å². The van der Waals surface area contributed by atoms with E-state index in [0.717, 1.165) is 43.2 Å². The zero-order chi connectivity index (χ0) is 23.3. The van der Waals surface area contributed by atoms with Crippen molar-refractivity contribution in [1.29, 1.82) is 0 Å². The minimum atomic E-state index is -0.110. The van der Waals surface area contributed by atoms with Gasteiger partial charge in [-0.2, -0.15) is 0 Å². The fourth-order valence-electron chi connectivity index (χ4n) is 3.81. The Balaban J connectivity index is 1.16. The molecule has 174 valence electrons. The van der Waals surface area contributed by atoms with Crippen molar-refractivity contribution in [3.05, 3.63) is 77.1 Å². The lowest BCUT2D eigenvalue weighted by Gasteiger charge is -2.25. The van der Waals surface area contributed by atoms with E-state index >= 15 is 0 Å². The summed E-state index contributed by atoms with van der Waals surface area (Å²) in [7, 11) is 1.63. The Morgan fingerprint density at radius 2 is 2.00 bits per heavy atom. The number of aromatic nitrogens is 4. The van der Waals surface area contributed by atoms with E-state index in [1.54, 1.807) is 24.8 Å². The third-order valence-electron chi connectivity index (χ3n) is 5.51. The normalized spacial score (nSPS) is 13.4. The predicted octanol–water partition coefficient (Wildman–Crippen LogP) is 4.02. The Kier molecular flexibility index (Phi) is 6.89. The number of hydrogen-bond acceptors (Lipinski definition) is 8. The van der Waals surface area contributed by atoms with Gasteiger partial charge in [-0.3, -0.25) is 14.3 Å². The first-order valence-electron chi connectivity index (χ1n) is 10.9. The molecule has 4 aromatic rings. The van der Waals surface area contributed by atoms with Crippen LogP contribution in [0.1, 0.15) is 16.1 Å². The maximum atomic E-state index is 12.6. The van der Waals surface area contributed by atoms with Gasteiger partial charge in [0.15, 0.2) is 10.3 Å². The predicted molar refractivity (Wildman–Crippen MR) is 134 cm³/mol. The molecule has 0 spiro atoms. The molecule has 0 aliphatic carbocycles. The van der Waals surface area contributed by atoms with Crippen LogP contribution in [0, 0.1) is 0 Å². The number of nitrogens with one attached hydrogen (secondary N) is 1. The van der Waals surface area contributed by atoms with Crippen LogP contribution in [0.25, 0.3) is 5.69 Å². The van der Waals surface area contributed by atoms with E-state index in [2.05, 4.69) is 49.7 Å². The standard InChI is InChI=1S/C24H24N6O2S2/c1-32-19-9-7-18(8-10-19)30-16-25-28-24(30)33-15-22(31)27-23-26-20-11-12-29(14-21(20)34-23)13-17-5-3-2-4-6-17/h2-10,16H,11-15H2,1H3,(H,26,27,31). The smallest absolute Gasteiger partial charge is 0.236 e. The van der Waals surface area contributed by atoms with Gasteiger partial charge in [-0.15, -0.1) is 21.5 Å². The molecule has 0 unspecified atom stereocenters. The summed E-state index contributed by atoms with van der Waals surface area (Å²) in [5.74, 6) is 0.889. The largest absolute Gasteiger partial charge is 0.497 e. The molecule has 1 aliphatic heterocycles.